The number of esters is 1. The number of hydrogen-bond donors (Lipinski definition) is 1. The highest BCUT2D eigenvalue weighted by Gasteiger charge is 2.28. The first-order chi connectivity index (χ1) is 15.5. The van der Waals surface area contributed by atoms with Crippen LogP contribution < -0.4 is 14.8 Å². The molecule has 1 aliphatic rings. The zero-order valence-corrected chi connectivity index (χ0v) is 18.2. The van der Waals surface area contributed by atoms with Gasteiger partial charge in [-0.25, -0.2) is 9.78 Å². The van der Waals surface area contributed by atoms with Crippen molar-refractivity contribution in [3.05, 3.63) is 64.8 Å². The van der Waals surface area contributed by atoms with E-state index in [4.69, 9.17) is 19.2 Å². The van der Waals surface area contributed by atoms with Crippen molar-refractivity contribution in [2.24, 2.45) is 0 Å². The van der Waals surface area contributed by atoms with Crippen molar-refractivity contribution in [3.8, 4) is 11.5 Å². The first-order valence-corrected chi connectivity index (χ1v) is 10.3. The number of carbonyl (C=O) groups is 2. The molecule has 2 aromatic carbocycles. The van der Waals surface area contributed by atoms with Crippen LogP contribution in [0.15, 0.2) is 42.5 Å². The lowest BCUT2D eigenvalue weighted by atomic mass is 10.0. The molecule has 7 nitrogen and oxygen atoms in total. The first-order valence-electron chi connectivity index (χ1n) is 10.3. The molecule has 0 saturated heterocycles. The molecule has 1 N–H and O–H groups in total. The summed E-state index contributed by atoms with van der Waals surface area (Å²) in [5.74, 6) is 0.426. The van der Waals surface area contributed by atoms with Crippen molar-refractivity contribution >= 4 is 34.4 Å². The number of methoxy groups -OCH3 is 2. The number of ether oxygens (including phenoxy) is 3. The number of hydrogen-bond acceptors (Lipinski definition) is 6. The number of nitrogens with zero attached hydrogens (tertiary/aromatic N) is 1. The number of amides is 1. The SMILES string of the molecule is CNC(=O)COC(=O)c1c2c(nc3ccccc13)/C(=C/c1ccc(OC)c(OC)c1)CC2. The van der Waals surface area contributed by atoms with Crippen LogP contribution in [0.2, 0.25) is 0 Å². The lowest BCUT2D eigenvalue weighted by Gasteiger charge is -2.12. The molecule has 1 aliphatic carbocycles. The number of para-hydroxylation sites is 1. The Kier molecular flexibility index (Phi) is 6.07. The number of fused-ring (bicyclic) bond motifs is 2. The number of rotatable bonds is 6. The van der Waals surface area contributed by atoms with Crippen LogP contribution in [0.3, 0.4) is 0 Å². The highest BCUT2D eigenvalue weighted by Crippen LogP contribution is 2.38. The number of pyridine rings is 1. The third-order valence-electron chi connectivity index (χ3n) is 5.51. The summed E-state index contributed by atoms with van der Waals surface area (Å²) in [6, 6.07) is 13.2. The minimum Gasteiger partial charge on any atom is -0.493 e. The molecule has 32 heavy (non-hydrogen) atoms. The van der Waals surface area contributed by atoms with E-state index in [1.807, 2.05) is 42.5 Å². The summed E-state index contributed by atoms with van der Waals surface area (Å²) in [5.41, 5.74) is 4.79. The maximum atomic E-state index is 13.0. The van der Waals surface area contributed by atoms with Gasteiger partial charge in [0.1, 0.15) is 0 Å². The molecule has 0 radical (unpaired) electrons. The van der Waals surface area contributed by atoms with E-state index in [0.717, 1.165) is 34.2 Å². The van der Waals surface area contributed by atoms with Gasteiger partial charge in [0.2, 0.25) is 0 Å². The van der Waals surface area contributed by atoms with E-state index in [-0.39, 0.29) is 12.5 Å². The van der Waals surface area contributed by atoms with Crippen LogP contribution >= 0.6 is 0 Å². The Labute approximate surface area is 186 Å². The zero-order valence-electron chi connectivity index (χ0n) is 18.2. The zero-order chi connectivity index (χ0) is 22.7. The van der Waals surface area contributed by atoms with Crippen LogP contribution in [0.5, 0.6) is 11.5 Å². The van der Waals surface area contributed by atoms with Gasteiger partial charge in [-0.1, -0.05) is 24.3 Å². The summed E-state index contributed by atoms with van der Waals surface area (Å²) < 4.78 is 16.0. The molecule has 0 aliphatic heterocycles. The predicted molar refractivity (Wildman–Crippen MR) is 122 cm³/mol. The van der Waals surface area contributed by atoms with E-state index in [9.17, 15) is 9.59 Å². The van der Waals surface area contributed by atoms with E-state index in [1.54, 1.807) is 14.2 Å². The van der Waals surface area contributed by atoms with Gasteiger partial charge in [0.25, 0.3) is 5.91 Å². The summed E-state index contributed by atoms with van der Waals surface area (Å²) in [6.45, 7) is -0.324. The van der Waals surface area contributed by atoms with Gasteiger partial charge in [-0.15, -0.1) is 0 Å². The van der Waals surface area contributed by atoms with Crippen molar-refractivity contribution in [2.75, 3.05) is 27.9 Å². The second-order valence-corrected chi connectivity index (χ2v) is 7.36. The van der Waals surface area contributed by atoms with E-state index in [0.29, 0.717) is 29.0 Å². The first kappa shape index (κ1) is 21.4. The maximum absolute atomic E-state index is 13.0. The third-order valence-corrected chi connectivity index (χ3v) is 5.51. The van der Waals surface area contributed by atoms with Crippen molar-refractivity contribution < 1.29 is 23.8 Å². The molecule has 0 fully saturated rings. The Bertz CT molecular complexity index is 1230. The predicted octanol–water partition coefficient (Wildman–Crippen LogP) is 3.64. The highest BCUT2D eigenvalue weighted by atomic mass is 16.5. The Morgan fingerprint density at radius 3 is 2.59 bits per heavy atom. The molecule has 164 valence electrons. The number of aromatic nitrogens is 1. The smallest absolute Gasteiger partial charge is 0.339 e. The fourth-order valence-corrected chi connectivity index (χ4v) is 3.93. The van der Waals surface area contributed by atoms with Gasteiger partial charge in [0, 0.05) is 12.4 Å². The average molecular weight is 432 g/mol. The number of likely N-dealkylation sites (N-methyl/N-ethyl adjacent to an activating group) is 1. The standard InChI is InChI=1S/C25H24N2O5/c1-26-22(28)14-32-25(29)23-17-6-4-5-7-19(17)27-24-16(9-10-18(23)24)12-15-8-11-20(30-2)21(13-15)31-3/h4-8,11-13H,9-10,14H2,1-3H3,(H,26,28)/b16-12+. The molecule has 1 aromatic heterocycles. The van der Waals surface area contributed by atoms with Crippen LogP contribution in [-0.2, 0) is 16.0 Å². The molecule has 1 heterocycles. The van der Waals surface area contributed by atoms with Gasteiger partial charge in [0.15, 0.2) is 18.1 Å². The third kappa shape index (κ3) is 4.01. The molecule has 0 spiro atoms. The van der Waals surface area contributed by atoms with E-state index >= 15 is 0 Å². The van der Waals surface area contributed by atoms with E-state index < -0.39 is 5.97 Å². The topological polar surface area (TPSA) is 86.8 Å². The van der Waals surface area contributed by atoms with Crippen LogP contribution in [0.4, 0.5) is 0 Å². The molecule has 3 aromatic rings. The monoisotopic (exact) mass is 432 g/mol. The second kappa shape index (κ2) is 9.09. The van der Waals surface area contributed by atoms with Gasteiger partial charge >= 0.3 is 5.97 Å². The summed E-state index contributed by atoms with van der Waals surface area (Å²) in [5, 5.41) is 3.18. The minimum atomic E-state index is -0.518. The molecule has 4 rings (SSSR count). The van der Waals surface area contributed by atoms with Crippen LogP contribution in [0.25, 0.3) is 22.6 Å². The number of nitrogens with one attached hydrogen (secondary N) is 1. The Balaban J connectivity index is 1.78. The summed E-state index contributed by atoms with van der Waals surface area (Å²) in [4.78, 5) is 29.4. The normalized spacial score (nSPS) is 13.7. The van der Waals surface area contributed by atoms with Gasteiger partial charge in [0.05, 0.1) is 31.0 Å². The maximum Gasteiger partial charge on any atom is 0.339 e. The summed E-state index contributed by atoms with van der Waals surface area (Å²) in [7, 11) is 4.70. The van der Waals surface area contributed by atoms with Gasteiger partial charge in [-0.2, -0.15) is 0 Å². The molecule has 0 atom stereocenters. The molecule has 1 amide bonds. The molecular formula is C25H24N2O5. The van der Waals surface area contributed by atoms with Crippen LogP contribution in [0, 0.1) is 0 Å². The Morgan fingerprint density at radius 1 is 1.06 bits per heavy atom. The van der Waals surface area contributed by atoms with Gasteiger partial charge in [-0.3, -0.25) is 4.79 Å². The van der Waals surface area contributed by atoms with Crippen molar-refractivity contribution in [2.45, 2.75) is 12.8 Å². The summed E-state index contributed by atoms with van der Waals surface area (Å²) in [6.07, 6.45) is 3.45. The number of carbonyl (C=O) groups excluding carboxylic acids is 2. The molecule has 7 heteroatoms. The quantitative estimate of drug-likeness (QED) is 0.599. The van der Waals surface area contributed by atoms with Gasteiger partial charge in [-0.05, 0) is 53.8 Å². The fraction of sp³-hybridized carbons (Fsp3) is 0.240. The Hall–Kier alpha value is -3.87. The van der Waals surface area contributed by atoms with Crippen molar-refractivity contribution in [1.29, 1.82) is 0 Å². The van der Waals surface area contributed by atoms with Gasteiger partial charge < -0.3 is 19.5 Å². The molecule has 0 unspecified atom stereocenters. The van der Waals surface area contributed by atoms with Crippen LogP contribution in [-0.4, -0.2) is 44.7 Å². The number of allylic oxidation sites excluding steroid dienone is 1. The van der Waals surface area contributed by atoms with Crippen molar-refractivity contribution in [1.82, 2.24) is 10.3 Å². The molecule has 0 saturated carbocycles. The Morgan fingerprint density at radius 2 is 1.84 bits per heavy atom. The van der Waals surface area contributed by atoms with Crippen LogP contribution in [0.1, 0.15) is 33.6 Å². The van der Waals surface area contributed by atoms with Crippen molar-refractivity contribution in [3.63, 3.8) is 0 Å². The summed E-state index contributed by atoms with van der Waals surface area (Å²) >= 11 is 0. The number of benzene rings is 2. The van der Waals surface area contributed by atoms with E-state index in [1.165, 1.54) is 7.05 Å². The fourth-order valence-electron chi connectivity index (χ4n) is 3.93. The minimum absolute atomic E-state index is 0.324. The highest BCUT2D eigenvalue weighted by molar-refractivity contribution is 6.07. The lowest BCUT2D eigenvalue weighted by molar-refractivity contribution is -0.123. The molecule has 0 bridgehead atoms. The second-order valence-electron chi connectivity index (χ2n) is 7.36. The average Bonchev–Trinajstić information content (AvgIpc) is 3.22. The molecular weight excluding hydrogens is 408 g/mol. The lowest BCUT2D eigenvalue weighted by Crippen LogP contribution is -2.25. The van der Waals surface area contributed by atoms with E-state index in [2.05, 4.69) is 11.4 Å². The largest absolute Gasteiger partial charge is 0.493 e.